The third-order valence-corrected chi connectivity index (χ3v) is 6.48. The third-order valence-electron chi connectivity index (χ3n) is 6.48. The molecule has 0 saturated carbocycles. The van der Waals surface area contributed by atoms with Gasteiger partial charge in [0.05, 0.1) is 27.8 Å². The maximum atomic E-state index is 10.7. The van der Waals surface area contributed by atoms with Crippen molar-refractivity contribution in [3.8, 4) is 86.2 Å². The molecule has 0 aliphatic rings. The SMILES string of the molecule is O=C(O)c1cc(O)c([O-])c(O)c1.O=C(O)c1cc(O)c([O-])c(O)c1.O=C(O)c1cc(O)c([O-])c(O)c1.O=C(O)c1cc(O)c([O-])c(O)c1.O=C(O)c1cc(O)c([O-])c(O)c1.[Mg+2].[Pr+3]. The van der Waals surface area contributed by atoms with Crippen LogP contribution in [0, 0.1) is 41.3 Å². The Morgan fingerprint density at radius 1 is 0.274 bits per heavy atom. The van der Waals surface area contributed by atoms with Crippen molar-refractivity contribution in [2.24, 2.45) is 0 Å². The molecule has 0 radical (unpaired) electrons. The fraction of sp³-hybridized carbons (Fsp3) is 0. The van der Waals surface area contributed by atoms with Crippen molar-refractivity contribution in [1.29, 1.82) is 0 Å². The molecule has 5 aromatic rings. The molecule has 0 heterocycles. The molecule has 5 aromatic carbocycles. The smallest absolute Gasteiger partial charge is 0.867 e. The fourth-order valence-electron chi connectivity index (χ4n) is 3.61. The normalized spacial score (nSPS) is 9.35. The van der Waals surface area contributed by atoms with Crippen LogP contribution in [0.5, 0.6) is 86.2 Å². The van der Waals surface area contributed by atoms with Crippen LogP contribution in [-0.2, 0) is 0 Å². The summed E-state index contributed by atoms with van der Waals surface area (Å²) in [6.07, 6.45) is 0. The molecule has 0 fully saturated rings. The summed E-state index contributed by atoms with van der Waals surface area (Å²) in [5.74, 6) is -19.2. The molecule has 15 N–H and O–H groups in total. The molecule has 62 heavy (non-hydrogen) atoms. The summed E-state index contributed by atoms with van der Waals surface area (Å²) in [7, 11) is 0. The molecule has 0 aliphatic heterocycles. The van der Waals surface area contributed by atoms with Crippen LogP contribution in [0.4, 0.5) is 0 Å². The Hall–Kier alpha value is -7.42. The van der Waals surface area contributed by atoms with Crippen molar-refractivity contribution in [1.82, 2.24) is 0 Å². The van der Waals surface area contributed by atoms with Gasteiger partial charge in [-0.25, -0.2) is 24.0 Å². The molecule has 0 unspecified atom stereocenters. The topological polar surface area (TPSA) is 504 Å². The molecule has 0 aromatic heterocycles. The molecule has 27 heteroatoms. The van der Waals surface area contributed by atoms with Gasteiger partial charge >= 0.3 is 94.2 Å². The van der Waals surface area contributed by atoms with E-state index < -0.39 is 116 Å². The first-order valence-electron chi connectivity index (χ1n) is 14.9. The largest absolute Gasteiger partial charge is 3.00 e. The average Bonchev–Trinajstić information content (AvgIpc) is 3.15. The van der Waals surface area contributed by atoms with Gasteiger partial charge in [0.15, 0.2) is 0 Å². The Morgan fingerprint density at radius 3 is 0.419 bits per heavy atom. The molecule has 320 valence electrons. The maximum Gasteiger partial charge on any atom is 3.00 e. The molecule has 25 nitrogen and oxygen atoms in total. The van der Waals surface area contributed by atoms with Gasteiger partial charge in [0.1, 0.15) is 57.5 Å². The summed E-state index contributed by atoms with van der Waals surface area (Å²) in [4.78, 5) is 51.5. The van der Waals surface area contributed by atoms with E-state index in [0.717, 1.165) is 60.7 Å². The fourth-order valence-corrected chi connectivity index (χ4v) is 3.61. The molecule has 0 atom stereocenters. The summed E-state index contributed by atoms with van der Waals surface area (Å²) < 4.78 is 0. The zero-order valence-corrected chi connectivity index (χ0v) is 35.5. The molecule has 5 rings (SSSR count). The van der Waals surface area contributed by atoms with E-state index in [1.165, 1.54) is 0 Å². The van der Waals surface area contributed by atoms with Crippen molar-refractivity contribution in [3.63, 3.8) is 0 Å². The van der Waals surface area contributed by atoms with Crippen LogP contribution in [-0.4, -0.2) is 129 Å². The van der Waals surface area contributed by atoms with Gasteiger partial charge < -0.3 is 102 Å². The molecule has 0 amide bonds. The molecular weight excluding hydrogens is 986 g/mol. The van der Waals surface area contributed by atoms with Crippen molar-refractivity contribution >= 4 is 52.9 Å². The van der Waals surface area contributed by atoms with E-state index in [1.54, 1.807) is 0 Å². The third kappa shape index (κ3) is 16.3. The summed E-state index contributed by atoms with van der Waals surface area (Å²) >= 11 is 0. The maximum absolute atomic E-state index is 10.7. The van der Waals surface area contributed by atoms with Crippen LogP contribution < -0.4 is 25.5 Å². The van der Waals surface area contributed by atoms with E-state index in [-0.39, 0.29) is 92.2 Å². The van der Waals surface area contributed by atoms with Gasteiger partial charge in [-0.15, -0.1) is 0 Å². The van der Waals surface area contributed by atoms with Crippen LogP contribution in [0.25, 0.3) is 0 Å². The number of aromatic hydroxyl groups is 10. The van der Waals surface area contributed by atoms with Gasteiger partial charge in [-0.05, 0) is 89.4 Å². The van der Waals surface area contributed by atoms with Gasteiger partial charge in [0, 0.05) is 0 Å². The van der Waals surface area contributed by atoms with Crippen molar-refractivity contribution in [3.05, 3.63) is 88.5 Å². The Balaban J connectivity index is 0. The van der Waals surface area contributed by atoms with Crippen LogP contribution in [0.1, 0.15) is 51.8 Å². The Bertz CT molecular complexity index is 1940. The first-order chi connectivity index (χ1) is 27.6. The number of carbonyl (C=O) groups is 5. The van der Waals surface area contributed by atoms with Gasteiger partial charge in [-0.2, -0.15) is 0 Å². The number of rotatable bonds is 5. The number of aromatic carboxylic acids is 5. The number of hydrogen-bond acceptors (Lipinski definition) is 20. The summed E-state index contributed by atoms with van der Waals surface area (Å²) in [6, 6.07) is 7.82. The quantitative estimate of drug-likeness (QED) is 0.0936. The zero-order chi connectivity index (χ0) is 46.5. The Morgan fingerprint density at radius 2 is 0.355 bits per heavy atom. The van der Waals surface area contributed by atoms with Gasteiger partial charge in [0.25, 0.3) is 0 Å². The van der Waals surface area contributed by atoms with E-state index in [1.807, 2.05) is 0 Å². The van der Waals surface area contributed by atoms with Crippen LogP contribution >= 0.6 is 0 Å². The van der Waals surface area contributed by atoms with E-state index in [9.17, 15) is 49.5 Å². The second-order valence-corrected chi connectivity index (χ2v) is 10.7. The molecule has 0 bridgehead atoms. The molecule has 0 aliphatic carbocycles. The van der Waals surface area contributed by atoms with Crippen LogP contribution in [0.2, 0.25) is 0 Å². The first-order valence-corrected chi connectivity index (χ1v) is 14.9. The summed E-state index contributed by atoms with van der Waals surface area (Å²) in [6.45, 7) is 0. The van der Waals surface area contributed by atoms with Gasteiger partial charge in [0.2, 0.25) is 0 Å². The van der Waals surface area contributed by atoms with Crippen LogP contribution in [0.15, 0.2) is 60.7 Å². The summed E-state index contributed by atoms with van der Waals surface area (Å²) in [5.41, 5.74) is -1.65. The minimum Gasteiger partial charge on any atom is -0.867 e. The number of phenols is 10. The van der Waals surface area contributed by atoms with Crippen molar-refractivity contribution in [2.75, 3.05) is 0 Å². The minimum atomic E-state index is -1.32. The Labute approximate surface area is 392 Å². The zero-order valence-electron chi connectivity index (χ0n) is 30.3. The van der Waals surface area contributed by atoms with Gasteiger partial charge in [-0.1, -0.05) is 0 Å². The van der Waals surface area contributed by atoms with Crippen LogP contribution in [0.3, 0.4) is 0 Å². The van der Waals surface area contributed by atoms with E-state index in [2.05, 4.69) is 0 Å². The Kier molecular flexibility index (Phi) is 22.5. The number of phenolic OH excluding ortho intramolecular Hbond substituents is 10. The van der Waals surface area contributed by atoms with Gasteiger partial charge in [-0.3, -0.25) is 0 Å². The second-order valence-electron chi connectivity index (χ2n) is 10.7. The summed E-state index contributed by atoms with van der Waals surface area (Å²) in [5, 5.41) is 183. The molecule has 0 saturated heterocycles. The monoisotopic (exact) mass is 1010 g/mol. The van der Waals surface area contributed by atoms with E-state index in [0.29, 0.717) is 0 Å². The molecular formula is C35H25MgO25Pr. The van der Waals surface area contributed by atoms with E-state index >= 15 is 0 Å². The molecule has 0 spiro atoms. The first kappa shape index (κ1) is 56.7. The van der Waals surface area contributed by atoms with Crippen molar-refractivity contribution in [2.45, 2.75) is 0 Å². The number of carboxylic acid groups (broad SMARTS) is 5. The van der Waals surface area contributed by atoms with Crippen molar-refractivity contribution < 1.29 is 167 Å². The second kappa shape index (κ2) is 24.6. The standard InChI is InChI=1S/5C7H6O5.Mg.Pr/c5*8-4-1-3(7(11)12)2-5(9)6(4)10;;/h5*1-2,8-10H,(H,11,12);;/q;;;;;+2;+3/p-5. The predicted octanol–water partition coefficient (Wildman–Crippen LogP) is -1.03. The number of carboxylic acids is 5. The average molecular weight is 1010 g/mol. The minimum absolute atomic E-state index is 0. The van der Waals surface area contributed by atoms with E-state index in [4.69, 9.17) is 76.6 Å². The number of hydrogen-bond donors (Lipinski definition) is 15. The predicted molar refractivity (Wildman–Crippen MR) is 187 cm³/mol. The number of benzene rings is 5.